The van der Waals surface area contributed by atoms with Crippen molar-refractivity contribution in [3.8, 4) is 0 Å². The summed E-state index contributed by atoms with van der Waals surface area (Å²) in [5, 5.41) is 11.3. The summed E-state index contributed by atoms with van der Waals surface area (Å²) in [6, 6.07) is 5.53. The Morgan fingerprint density at radius 2 is 2.23 bits per heavy atom. The zero-order valence-corrected chi connectivity index (χ0v) is 16.6. The van der Waals surface area contributed by atoms with Crippen LogP contribution in [0.25, 0.3) is 0 Å². The molecule has 2 aromatic rings. The first-order chi connectivity index (χ1) is 12.4. The van der Waals surface area contributed by atoms with Crippen molar-refractivity contribution in [1.82, 2.24) is 10.2 Å². The molecule has 6 nitrogen and oxygen atoms in total. The highest BCUT2D eigenvalue weighted by atomic mass is 32.2. The average molecular weight is 392 g/mol. The predicted molar refractivity (Wildman–Crippen MR) is 103 cm³/mol. The second-order valence-corrected chi connectivity index (χ2v) is 8.81. The van der Waals surface area contributed by atoms with Crippen molar-refractivity contribution in [2.45, 2.75) is 50.0 Å². The van der Waals surface area contributed by atoms with E-state index in [1.54, 1.807) is 24.8 Å². The molecule has 138 valence electrons. The normalized spacial score (nSPS) is 19.0. The van der Waals surface area contributed by atoms with Gasteiger partial charge in [-0.25, -0.2) is 4.79 Å². The Balaban J connectivity index is 1.70. The van der Waals surface area contributed by atoms with Gasteiger partial charge < -0.3 is 4.74 Å². The Morgan fingerprint density at radius 1 is 1.42 bits per heavy atom. The number of carbonyl (C=O) groups excluding carboxylic acids is 2. The number of amides is 1. The third-order valence-electron chi connectivity index (χ3n) is 4.16. The van der Waals surface area contributed by atoms with Crippen LogP contribution in [0.1, 0.15) is 48.2 Å². The van der Waals surface area contributed by atoms with Crippen LogP contribution < -0.4 is 5.32 Å². The molecule has 8 heteroatoms. The number of rotatable bonds is 6. The van der Waals surface area contributed by atoms with Crippen LogP contribution in [0.3, 0.4) is 0 Å². The molecule has 2 heterocycles. The number of anilines is 1. The smallest absolute Gasteiger partial charge is 0.339 e. The number of hydrogen-bond acceptors (Lipinski definition) is 7. The molecule has 0 saturated heterocycles. The van der Waals surface area contributed by atoms with Crippen LogP contribution >= 0.6 is 23.1 Å². The molecule has 1 aliphatic heterocycles. The van der Waals surface area contributed by atoms with Crippen molar-refractivity contribution >= 4 is 40.1 Å². The summed E-state index contributed by atoms with van der Waals surface area (Å²) in [4.78, 5) is 25.0. The first-order valence-electron chi connectivity index (χ1n) is 8.52. The maximum atomic E-state index is 12.7. The lowest BCUT2D eigenvalue weighted by Gasteiger charge is -2.32. The first-order valence-corrected chi connectivity index (χ1v) is 10.3. The highest BCUT2D eigenvalue weighted by Crippen LogP contribution is 2.31. The monoisotopic (exact) mass is 391 g/mol. The summed E-state index contributed by atoms with van der Waals surface area (Å²) in [5.41, 5.74) is 1.12. The van der Waals surface area contributed by atoms with Crippen molar-refractivity contribution < 1.29 is 14.3 Å². The number of thioether (sulfide) groups is 1. The van der Waals surface area contributed by atoms with Gasteiger partial charge in [0.25, 0.3) is 5.91 Å². The Kier molecular flexibility index (Phi) is 5.62. The van der Waals surface area contributed by atoms with Gasteiger partial charge in [-0.2, -0.15) is 0 Å². The fourth-order valence-corrected chi connectivity index (χ4v) is 4.61. The number of esters is 1. The van der Waals surface area contributed by atoms with Crippen LogP contribution in [0.2, 0.25) is 0 Å². The van der Waals surface area contributed by atoms with Crippen LogP contribution in [0.4, 0.5) is 5.13 Å². The molecule has 1 aromatic heterocycles. The highest BCUT2D eigenvalue weighted by molar-refractivity contribution is 8.01. The second kappa shape index (κ2) is 7.75. The lowest BCUT2D eigenvalue weighted by Crippen LogP contribution is -2.48. The fraction of sp³-hybridized carbons (Fsp3) is 0.444. The Hall–Kier alpha value is -1.93. The molecule has 0 saturated carbocycles. The Labute approximate surface area is 160 Å². The number of nitrogens with zero attached hydrogens (tertiary/aromatic N) is 2. The summed E-state index contributed by atoms with van der Waals surface area (Å²) in [7, 11) is 0. The highest BCUT2D eigenvalue weighted by Gasteiger charge is 2.43. The van der Waals surface area contributed by atoms with Gasteiger partial charge in [0.05, 0.1) is 5.56 Å². The molecule has 1 amide bonds. The van der Waals surface area contributed by atoms with Gasteiger partial charge in [0.2, 0.25) is 5.13 Å². The third kappa shape index (κ3) is 4.07. The number of hydrogen-bond donors (Lipinski definition) is 1. The third-order valence-corrected chi connectivity index (χ3v) is 6.22. The van der Waals surface area contributed by atoms with Crippen LogP contribution in [0.5, 0.6) is 0 Å². The number of ether oxygens (including phenoxy) is 1. The minimum atomic E-state index is -1.26. The molecule has 1 atom stereocenters. The maximum Gasteiger partial charge on any atom is 0.339 e. The molecule has 1 N–H and O–H groups in total. The molecule has 0 bridgehead atoms. The summed E-state index contributed by atoms with van der Waals surface area (Å²) >= 11 is 2.96. The number of nitrogens with one attached hydrogen (secondary N) is 1. The minimum absolute atomic E-state index is 0.332. The molecular weight excluding hydrogens is 370 g/mol. The van der Waals surface area contributed by atoms with E-state index in [9.17, 15) is 9.59 Å². The molecule has 3 rings (SSSR count). The molecule has 0 radical (unpaired) electrons. The number of unbranched alkanes of at least 4 members (excludes halogenated alkanes) is 1. The van der Waals surface area contributed by atoms with E-state index in [0.717, 1.165) is 34.1 Å². The van der Waals surface area contributed by atoms with Gasteiger partial charge in [-0.05, 0) is 31.9 Å². The van der Waals surface area contributed by atoms with Crippen LogP contribution in [-0.2, 0) is 16.0 Å². The predicted octanol–water partition coefficient (Wildman–Crippen LogP) is 3.85. The van der Waals surface area contributed by atoms with E-state index < -0.39 is 11.6 Å². The number of aryl methyl sites for hydroxylation is 1. The number of fused-ring (bicyclic) bond motifs is 1. The summed E-state index contributed by atoms with van der Waals surface area (Å²) in [6.45, 7) is 5.72. The molecular formula is C18H21N3O3S2. The van der Waals surface area contributed by atoms with E-state index in [1.807, 2.05) is 19.1 Å². The van der Waals surface area contributed by atoms with Gasteiger partial charge in [-0.3, -0.25) is 10.1 Å². The molecule has 1 aromatic carbocycles. The lowest BCUT2D eigenvalue weighted by atomic mass is 9.88. The number of benzene rings is 1. The van der Waals surface area contributed by atoms with Gasteiger partial charge in [0, 0.05) is 12.2 Å². The summed E-state index contributed by atoms with van der Waals surface area (Å²) in [5.74, 6) is 0.112. The van der Waals surface area contributed by atoms with Gasteiger partial charge >= 0.3 is 5.97 Å². The molecule has 26 heavy (non-hydrogen) atoms. The molecule has 0 fully saturated rings. The fourth-order valence-electron chi connectivity index (χ4n) is 2.71. The summed E-state index contributed by atoms with van der Waals surface area (Å²) in [6.07, 6.45) is 2.57. The molecule has 0 spiro atoms. The van der Waals surface area contributed by atoms with Crippen LogP contribution in [-0.4, -0.2) is 33.4 Å². The molecule has 1 unspecified atom stereocenters. The first kappa shape index (κ1) is 18.8. The van der Waals surface area contributed by atoms with Crippen molar-refractivity contribution in [2.24, 2.45) is 0 Å². The molecule has 0 aliphatic carbocycles. The Morgan fingerprint density at radius 3 is 3.00 bits per heavy atom. The van der Waals surface area contributed by atoms with E-state index in [-0.39, 0.29) is 5.91 Å². The SMILES string of the molecule is CCCCSc1nnc(NC(=O)C2(C)Cc3cc(C)ccc3C(=O)O2)s1. The van der Waals surface area contributed by atoms with Crippen molar-refractivity contribution in [1.29, 1.82) is 0 Å². The molecule has 1 aliphatic rings. The topological polar surface area (TPSA) is 81.2 Å². The average Bonchev–Trinajstić information content (AvgIpc) is 3.02. The quantitative estimate of drug-likeness (QED) is 0.349. The number of cyclic esters (lactones) is 1. The van der Waals surface area contributed by atoms with Crippen molar-refractivity contribution in [3.63, 3.8) is 0 Å². The maximum absolute atomic E-state index is 12.7. The van der Waals surface area contributed by atoms with E-state index in [2.05, 4.69) is 22.4 Å². The van der Waals surface area contributed by atoms with Gasteiger partial charge in [-0.15, -0.1) is 10.2 Å². The van der Waals surface area contributed by atoms with E-state index in [4.69, 9.17) is 4.74 Å². The van der Waals surface area contributed by atoms with Crippen molar-refractivity contribution in [2.75, 3.05) is 11.1 Å². The number of aromatic nitrogens is 2. The van der Waals surface area contributed by atoms with E-state index >= 15 is 0 Å². The van der Waals surface area contributed by atoms with E-state index in [0.29, 0.717) is 17.1 Å². The van der Waals surface area contributed by atoms with Gasteiger partial charge in [0.1, 0.15) is 0 Å². The van der Waals surface area contributed by atoms with Crippen LogP contribution in [0.15, 0.2) is 22.5 Å². The zero-order chi connectivity index (χ0) is 18.7. The summed E-state index contributed by atoms with van der Waals surface area (Å²) < 4.78 is 6.28. The lowest BCUT2D eigenvalue weighted by molar-refractivity contribution is -0.134. The second-order valence-electron chi connectivity index (χ2n) is 6.49. The van der Waals surface area contributed by atoms with Crippen LogP contribution in [0, 0.1) is 6.92 Å². The number of carbonyl (C=O) groups is 2. The Bertz CT molecular complexity index is 837. The van der Waals surface area contributed by atoms with Gasteiger partial charge in [-0.1, -0.05) is 54.1 Å². The largest absolute Gasteiger partial charge is 0.445 e. The van der Waals surface area contributed by atoms with Gasteiger partial charge in [0.15, 0.2) is 9.94 Å². The standard InChI is InChI=1S/C18H21N3O3S2/c1-4-5-8-25-17-21-20-16(26-17)19-15(23)18(3)10-12-9-11(2)6-7-13(12)14(22)24-18/h6-7,9H,4-5,8,10H2,1-3H3,(H,19,20,23). The zero-order valence-electron chi connectivity index (χ0n) is 15.0. The minimum Gasteiger partial charge on any atom is -0.445 e. The van der Waals surface area contributed by atoms with E-state index in [1.165, 1.54) is 11.3 Å². The van der Waals surface area contributed by atoms with Crippen molar-refractivity contribution in [3.05, 3.63) is 34.9 Å².